The lowest BCUT2D eigenvalue weighted by molar-refractivity contribution is -0.135. The van der Waals surface area contributed by atoms with Gasteiger partial charge in [0.15, 0.2) is 0 Å². The van der Waals surface area contributed by atoms with Crippen LogP contribution in [-0.2, 0) is 10.2 Å². The largest absolute Gasteiger partial charge is 0.399 e. The Labute approximate surface area is 112 Å². The van der Waals surface area contributed by atoms with Crippen LogP contribution in [0, 0.1) is 0 Å². The van der Waals surface area contributed by atoms with Gasteiger partial charge in [-0.1, -0.05) is 12.1 Å². The molecule has 19 heavy (non-hydrogen) atoms. The third-order valence-electron chi connectivity index (χ3n) is 3.65. The molecule has 1 aromatic carbocycles. The lowest BCUT2D eigenvalue weighted by Gasteiger charge is -2.26. The number of benzene rings is 1. The smallest absolute Gasteiger partial charge is 0.233 e. The summed E-state index contributed by atoms with van der Waals surface area (Å²) in [6, 6.07) is 7.36. The van der Waals surface area contributed by atoms with Crippen LogP contribution in [0.25, 0.3) is 0 Å². The molecule has 2 rings (SSSR count). The van der Waals surface area contributed by atoms with Crippen molar-refractivity contribution in [3.05, 3.63) is 29.8 Å². The van der Waals surface area contributed by atoms with Crippen LogP contribution < -0.4 is 5.73 Å². The molecule has 1 aliphatic rings. The van der Waals surface area contributed by atoms with Crippen LogP contribution in [0.4, 0.5) is 5.69 Å². The van der Waals surface area contributed by atoms with E-state index in [0.29, 0.717) is 5.69 Å². The highest BCUT2D eigenvalue weighted by Crippen LogP contribution is 2.49. The summed E-state index contributed by atoms with van der Waals surface area (Å²) in [5, 5.41) is 18.0. The van der Waals surface area contributed by atoms with Gasteiger partial charge in [-0.3, -0.25) is 4.79 Å². The molecule has 0 aliphatic heterocycles. The molecule has 5 heteroatoms. The highest BCUT2D eigenvalue weighted by atomic mass is 16.3. The lowest BCUT2D eigenvalue weighted by Crippen LogP contribution is -2.42. The molecule has 104 valence electrons. The maximum Gasteiger partial charge on any atom is 0.233 e. The molecule has 1 fully saturated rings. The van der Waals surface area contributed by atoms with Gasteiger partial charge >= 0.3 is 0 Å². The van der Waals surface area contributed by atoms with Gasteiger partial charge in [0.2, 0.25) is 5.91 Å². The first-order chi connectivity index (χ1) is 9.14. The van der Waals surface area contributed by atoms with E-state index in [1.807, 2.05) is 12.1 Å². The predicted molar refractivity (Wildman–Crippen MR) is 72.5 cm³/mol. The minimum atomic E-state index is -0.474. The summed E-state index contributed by atoms with van der Waals surface area (Å²) >= 11 is 0. The number of amides is 1. The quantitative estimate of drug-likeness (QED) is 0.637. The summed E-state index contributed by atoms with van der Waals surface area (Å²) in [7, 11) is 0. The van der Waals surface area contributed by atoms with E-state index in [0.717, 1.165) is 18.4 Å². The fourth-order valence-electron chi connectivity index (χ4n) is 2.41. The first kappa shape index (κ1) is 13.8. The Kier molecular flexibility index (Phi) is 4.07. The molecule has 0 atom stereocenters. The maximum absolute atomic E-state index is 12.6. The SMILES string of the molecule is Nc1ccc(C2(C(=O)N(CCO)CCO)CC2)cc1. The van der Waals surface area contributed by atoms with Crippen molar-refractivity contribution in [3.8, 4) is 0 Å². The Morgan fingerprint density at radius 2 is 1.68 bits per heavy atom. The number of hydrogen-bond donors (Lipinski definition) is 3. The lowest BCUT2D eigenvalue weighted by atomic mass is 9.94. The monoisotopic (exact) mass is 264 g/mol. The summed E-state index contributed by atoms with van der Waals surface area (Å²) in [4.78, 5) is 14.1. The zero-order chi connectivity index (χ0) is 13.9. The molecule has 0 radical (unpaired) electrons. The van der Waals surface area contributed by atoms with Gasteiger partial charge < -0.3 is 20.8 Å². The molecular weight excluding hydrogens is 244 g/mol. The third-order valence-corrected chi connectivity index (χ3v) is 3.65. The van der Waals surface area contributed by atoms with E-state index in [2.05, 4.69) is 0 Å². The molecule has 0 heterocycles. The second kappa shape index (κ2) is 5.59. The van der Waals surface area contributed by atoms with E-state index in [1.54, 1.807) is 12.1 Å². The van der Waals surface area contributed by atoms with Crippen LogP contribution in [0.15, 0.2) is 24.3 Å². The van der Waals surface area contributed by atoms with E-state index in [1.165, 1.54) is 4.90 Å². The van der Waals surface area contributed by atoms with Crippen molar-refractivity contribution in [2.45, 2.75) is 18.3 Å². The van der Waals surface area contributed by atoms with Gasteiger partial charge in [0.25, 0.3) is 0 Å². The highest BCUT2D eigenvalue weighted by Gasteiger charge is 2.52. The number of nitrogens with zero attached hydrogens (tertiary/aromatic N) is 1. The van der Waals surface area contributed by atoms with Gasteiger partial charge in [0.05, 0.1) is 18.6 Å². The van der Waals surface area contributed by atoms with Crippen LogP contribution in [0.5, 0.6) is 0 Å². The van der Waals surface area contributed by atoms with Gasteiger partial charge in [0, 0.05) is 18.8 Å². The van der Waals surface area contributed by atoms with E-state index >= 15 is 0 Å². The Bertz CT molecular complexity index is 435. The molecule has 1 amide bonds. The zero-order valence-corrected chi connectivity index (χ0v) is 10.9. The van der Waals surface area contributed by atoms with Crippen molar-refractivity contribution in [3.63, 3.8) is 0 Å². The zero-order valence-electron chi connectivity index (χ0n) is 10.9. The van der Waals surface area contributed by atoms with E-state index < -0.39 is 5.41 Å². The Morgan fingerprint density at radius 1 is 1.16 bits per heavy atom. The number of carbonyl (C=O) groups excluding carboxylic acids is 1. The third kappa shape index (κ3) is 2.72. The van der Waals surface area contributed by atoms with Crippen molar-refractivity contribution < 1.29 is 15.0 Å². The second-order valence-electron chi connectivity index (χ2n) is 4.94. The molecule has 0 spiro atoms. The fraction of sp³-hybridized carbons (Fsp3) is 0.500. The minimum absolute atomic E-state index is 0.0135. The first-order valence-corrected chi connectivity index (χ1v) is 6.51. The topological polar surface area (TPSA) is 86.8 Å². The molecule has 4 N–H and O–H groups in total. The number of carbonyl (C=O) groups is 1. The molecule has 1 aliphatic carbocycles. The first-order valence-electron chi connectivity index (χ1n) is 6.51. The molecule has 1 saturated carbocycles. The van der Waals surface area contributed by atoms with Crippen LogP contribution >= 0.6 is 0 Å². The molecule has 1 aromatic rings. The average Bonchev–Trinajstić information content (AvgIpc) is 3.20. The normalized spacial score (nSPS) is 16.1. The standard InChI is InChI=1S/C14H20N2O3/c15-12-3-1-11(2-4-12)14(5-6-14)13(19)16(7-9-17)8-10-18/h1-4,17-18H,5-10,15H2. The number of nitrogen functional groups attached to an aromatic ring is 1. The van der Waals surface area contributed by atoms with Gasteiger partial charge in [0.1, 0.15) is 0 Å². The van der Waals surface area contributed by atoms with Crippen LogP contribution in [0.3, 0.4) is 0 Å². The Morgan fingerprint density at radius 3 is 2.11 bits per heavy atom. The molecule has 0 bridgehead atoms. The number of hydrogen-bond acceptors (Lipinski definition) is 4. The number of aliphatic hydroxyl groups excluding tert-OH is 2. The van der Waals surface area contributed by atoms with Gasteiger partial charge in [-0.2, -0.15) is 0 Å². The van der Waals surface area contributed by atoms with Crippen molar-refractivity contribution >= 4 is 11.6 Å². The second-order valence-corrected chi connectivity index (χ2v) is 4.94. The predicted octanol–water partition coefficient (Wildman–Crippen LogP) is 0.114. The van der Waals surface area contributed by atoms with Crippen molar-refractivity contribution in [1.29, 1.82) is 0 Å². The molecular formula is C14H20N2O3. The van der Waals surface area contributed by atoms with Crippen molar-refractivity contribution in [1.82, 2.24) is 4.90 Å². The molecule has 0 aromatic heterocycles. The van der Waals surface area contributed by atoms with E-state index in [4.69, 9.17) is 15.9 Å². The number of aliphatic hydroxyl groups is 2. The maximum atomic E-state index is 12.6. The number of rotatable bonds is 6. The highest BCUT2D eigenvalue weighted by molar-refractivity contribution is 5.91. The van der Waals surface area contributed by atoms with Crippen LogP contribution in [0.2, 0.25) is 0 Å². The van der Waals surface area contributed by atoms with Crippen molar-refractivity contribution in [2.24, 2.45) is 0 Å². The summed E-state index contributed by atoms with van der Waals surface area (Å²) in [6.07, 6.45) is 1.62. The van der Waals surface area contributed by atoms with Gasteiger partial charge in [-0.25, -0.2) is 0 Å². The van der Waals surface area contributed by atoms with E-state index in [9.17, 15) is 4.79 Å². The fourth-order valence-corrected chi connectivity index (χ4v) is 2.41. The number of nitrogens with two attached hydrogens (primary N) is 1. The van der Waals surface area contributed by atoms with E-state index in [-0.39, 0.29) is 32.2 Å². The average molecular weight is 264 g/mol. The van der Waals surface area contributed by atoms with Crippen molar-refractivity contribution in [2.75, 3.05) is 32.0 Å². The summed E-state index contributed by atoms with van der Waals surface area (Å²) in [5.74, 6) is -0.0135. The Hall–Kier alpha value is -1.59. The van der Waals surface area contributed by atoms with Crippen LogP contribution in [-0.4, -0.2) is 47.3 Å². The Balaban J connectivity index is 2.19. The summed E-state index contributed by atoms with van der Waals surface area (Å²) in [5.41, 5.74) is 6.83. The van der Waals surface area contributed by atoms with Crippen LogP contribution in [0.1, 0.15) is 18.4 Å². The summed E-state index contributed by atoms with van der Waals surface area (Å²) in [6.45, 7) is 0.333. The molecule has 0 saturated heterocycles. The van der Waals surface area contributed by atoms with Gasteiger partial charge in [-0.15, -0.1) is 0 Å². The van der Waals surface area contributed by atoms with Gasteiger partial charge in [-0.05, 0) is 30.5 Å². The summed E-state index contributed by atoms with van der Waals surface area (Å²) < 4.78 is 0. The molecule has 5 nitrogen and oxygen atoms in total. The minimum Gasteiger partial charge on any atom is -0.399 e. The number of anilines is 1. The molecule has 0 unspecified atom stereocenters.